The van der Waals surface area contributed by atoms with Gasteiger partial charge in [-0.1, -0.05) is 57.9 Å². The second kappa shape index (κ2) is 6.91. The van der Waals surface area contributed by atoms with Gasteiger partial charge in [0, 0.05) is 23.1 Å². The summed E-state index contributed by atoms with van der Waals surface area (Å²) in [5, 5.41) is 0.691. The molecule has 0 saturated carbocycles. The van der Waals surface area contributed by atoms with Gasteiger partial charge in [0.2, 0.25) is 5.91 Å². The molecule has 0 saturated heterocycles. The summed E-state index contributed by atoms with van der Waals surface area (Å²) in [4.78, 5) is 13.9. The van der Waals surface area contributed by atoms with Crippen molar-refractivity contribution in [1.29, 1.82) is 0 Å². The Labute approximate surface area is 132 Å². The van der Waals surface area contributed by atoms with E-state index in [0.717, 1.165) is 15.6 Å². The number of hydrogen-bond donors (Lipinski definition) is 0. The fraction of sp³-hybridized carbons (Fsp3) is 0.188. The Morgan fingerprint density at radius 2 is 1.80 bits per heavy atom. The Morgan fingerprint density at radius 1 is 1.15 bits per heavy atom. The summed E-state index contributed by atoms with van der Waals surface area (Å²) in [6, 6.07) is 15.4. The lowest BCUT2D eigenvalue weighted by Gasteiger charge is -2.18. The maximum atomic E-state index is 12.2. The number of likely N-dealkylation sites (N-methyl/N-ethyl adjacent to an activating group) is 1. The Bertz CT molecular complexity index is 598. The van der Waals surface area contributed by atoms with Gasteiger partial charge in [0.15, 0.2) is 0 Å². The van der Waals surface area contributed by atoms with E-state index in [1.807, 2.05) is 48.5 Å². The zero-order chi connectivity index (χ0) is 14.5. The van der Waals surface area contributed by atoms with Crippen molar-refractivity contribution in [2.45, 2.75) is 13.0 Å². The first-order valence-electron chi connectivity index (χ1n) is 6.28. The first-order valence-corrected chi connectivity index (χ1v) is 7.45. The van der Waals surface area contributed by atoms with Crippen LogP contribution in [-0.4, -0.2) is 17.9 Å². The molecule has 0 radical (unpaired) electrons. The molecule has 2 aromatic carbocycles. The van der Waals surface area contributed by atoms with Crippen LogP contribution < -0.4 is 0 Å². The summed E-state index contributed by atoms with van der Waals surface area (Å²) >= 11 is 9.49. The molecule has 0 spiro atoms. The first kappa shape index (κ1) is 15.1. The first-order chi connectivity index (χ1) is 9.56. The lowest BCUT2D eigenvalue weighted by atomic mass is 10.1. The van der Waals surface area contributed by atoms with E-state index < -0.39 is 0 Å². The monoisotopic (exact) mass is 351 g/mol. The highest BCUT2D eigenvalue weighted by atomic mass is 79.9. The van der Waals surface area contributed by atoms with Crippen molar-refractivity contribution in [3.05, 3.63) is 69.2 Å². The highest BCUT2D eigenvalue weighted by Crippen LogP contribution is 2.17. The number of benzene rings is 2. The minimum absolute atomic E-state index is 0.0762. The Hall–Kier alpha value is -1.32. The van der Waals surface area contributed by atoms with E-state index in [1.165, 1.54) is 0 Å². The van der Waals surface area contributed by atoms with E-state index in [2.05, 4.69) is 15.9 Å². The number of halogens is 2. The topological polar surface area (TPSA) is 20.3 Å². The number of hydrogen-bond acceptors (Lipinski definition) is 1. The predicted molar refractivity (Wildman–Crippen MR) is 85.8 cm³/mol. The summed E-state index contributed by atoms with van der Waals surface area (Å²) in [6.45, 7) is 0.523. The summed E-state index contributed by atoms with van der Waals surface area (Å²) in [7, 11) is 1.80. The van der Waals surface area contributed by atoms with Gasteiger partial charge in [-0.05, 0) is 29.3 Å². The lowest BCUT2D eigenvalue weighted by molar-refractivity contribution is -0.129. The summed E-state index contributed by atoms with van der Waals surface area (Å²) in [5.41, 5.74) is 1.96. The summed E-state index contributed by atoms with van der Waals surface area (Å²) in [5.74, 6) is 0.0762. The molecule has 0 aliphatic carbocycles. The molecule has 1 amide bonds. The molecule has 2 aromatic rings. The second-order valence-electron chi connectivity index (χ2n) is 4.64. The molecule has 0 aromatic heterocycles. The highest BCUT2D eigenvalue weighted by molar-refractivity contribution is 9.10. The number of carbonyl (C=O) groups excluding carboxylic acids is 1. The molecule has 2 rings (SSSR count). The molecular formula is C16H15BrClNO. The van der Waals surface area contributed by atoms with Crippen molar-refractivity contribution in [2.24, 2.45) is 0 Å². The molecular weight excluding hydrogens is 338 g/mol. The normalized spacial score (nSPS) is 10.3. The molecule has 0 N–H and O–H groups in total. The fourth-order valence-corrected chi connectivity index (χ4v) is 2.34. The van der Waals surface area contributed by atoms with Crippen molar-refractivity contribution in [3.8, 4) is 0 Å². The van der Waals surface area contributed by atoms with Gasteiger partial charge >= 0.3 is 0 Å². The van der Waals surface area contributed by atoms with Crippen molar-refractivity contribution < 1.29 is 4.79 Å². The molecule has 2 nitrogen and oxygen atoms in total. The van der Waals surface area contributed by atoms with Crippen molar-refractivity contribution in [1.82, 2.24) is 4.90 Å². The molecule has 0 atom stereocenters. The number of amides is 1. The van der Waals surface area contributed by atoms with Gasteiger partial charge < -0.3 is 4.90 Å². The van der Waals surface area contributed by atoms with Crippen LogP contribution >= 0.6 is 27.5 Å². The van der Waals surface area contributed by atoms with E-state index in [9.17, 15) is 4.79 Å². The molecule has 4 heteroatoms. The SMILES string of the molecule is CN(Cc1ccccc1Cl)C(=O)Cc1ccc(Br)cc1. The quantitative estimate of drug-likeness (QED) is 0.803. The molecule has 0 aliphatic rings. The van der Waals surface area contributed by atoms with Gasteiger partial charge in [-0.15, -0.1) is 0 Å². The van der Waals surface area contributed by atoms with Crippen LogP contribution in [-0.2, 0) is 17.8 Å². The van der Waals surface area contributed by atoms with Gasteiger partial charge in [0.05, 0.1) is 6.42 Å². The zero-order valence-electron chi connectivity index (χ0n) is 11.1. The summed E-state index contributed by atoms with van der Waals surface area (Å²) in [6.07, 6.45) is 0.397. The molecule has 0 heterocycles. The predicted octanol–water partition coefficient (Wildman–Crippen LogP) is 4.30. The second-order valence-corrected chi connectivity index (χ2v) is 5.97. The van der Waals surface area contributed by atoms with E-state index in [1.54, 1.807) is 11.9 Å². The van der Waals surface area contributed by atoms with Crippen molar-refractivity contribution in [2.75, 3.05) is 7.05 Å². The third-order valence-electron chi connectivity index (χ3n) is 3.06. The maximum absolute atomic E-state index is 12.2. The van der Waals surface area contributed by atoms with Crippen LogP contribution in [0, 0.1) is 0 Å². The van der Waals surface area contributed by atoms with Gasteiger partial charge in [-0.3, -0.25) is 4.79 Å². The standard InChI is InChI=1S/C16H15BrClNO/c1-19(11-13-4-2-3-5-15(13)18)16(20)10-12-6-8-14(17)9-7-12/h2-9H,10-11H2,1H3. The number of nitrogens with zero attached hydrogens (tertiary/aromatic N) is 1. The molecule has 0 fully saturated rings. The van der Waals surface area contributed by atoms with Crippen LogP contribution in [0.5, 0.6) is 0 Å². The average Bonchev–Trinajstić information content (AvgIpc) is 2.44. The van der Waals surface area contributed by atoms with Crippen LogP contribution in [0.25, 0.3) is 0 Å². The molecule has 0 bridgehead atoms. The Balaban J connectivity index is 1.99. The zero-order valence-corrected chi connectivity index (χ0v) is 13.5. The number of carbonyl (C=O) groups is 1. The van der Waals surface area contributed by atoms with Crippen LogP contribution in [0.4, 0.5) is 0 Å². The Morgan fingerprint density at radius 3 is 2.45 bits per heavy atom. The highest BCUT2D eigenvalue weighted by Gasteiger charge is 2.11. The van der Waals surface area contributed by atoms with Crippen LogP contribution in [0.15, 0.2) is 53.0 Å². The maximum Gasteiger partial charge on any atom is 0.227 e. The van der Waals surface area contributed by atoms with Crippen LogP contribution in [0.2, 0.25) is 5.02 Å². The molecule has 104 valence electrons. The van der Waals surface area contributed by atoms with Crippen molar-refractivity contribution >= 4 is 33.4 Å². The molecule has 0 unspecified atom stereocenters. The van der Waals surface area contributed by atoms with Crippen LogP contribution in [0.1, 0.15) is 11.1 Å². The third kappa shape index (κ3) is 4.09. The summed E-state index contributed by atoms with van der Waals surface area (Å²) < 4.78 is 1.01. The van der Waals surface area contributed by atoms with E-state index >= 15 is 0 Å². The average molecular weight is 353 g/mol. The van der Waals surface area contributed by atoms with E-state index in [4.69, 9.17) is 11.6 Å². The van der Waals surface area contributed by atoms with E-state index in [-0.39, 0.29) is 5.91 Å². The molecule has 0 aliphatic heterocycles. The number of rotatable bonds is 4. The van der Waals surface area contributed by atoms with Gasteiger partial charge in [0.25, 0.3) is 0 Å². The van der Waals surface area contributed by atoms with Crippen molar-refractivity contribution in [3.63, 3.8) is 0 Å². The molecule has 20 heavy (non-hydrogen) atoms. The fourth-order valence-electron chi connectivity index (χ4n) is 1.88. The van der Waals surface area contributed by atoms with Gasteiger partial charge in [-0.25, -0.2) is 0 Å². The minimum Gasteiger partial charge on any atom is -0.341 e. The van der Waals surface area contributed by atoms with Gasteiger partial charge in [0.1, 0.15) is 0 Å². The third-order valence-corrected chi connectivity index (χ3v) is 3.96. The van der Waals surface area contributed by atoms with E-state index in [0.29, 0.717) is 18.0 Å². The largest absolute Gasteiger partial charge is 0.341 e. The van der Waals surface area contributed by atoms with Crippen LogP contribution in [0.3, 0.4) is 0 Å². The lowest BCUT2D eigenvalue weighted by Crippen LogP contribution is -2.27. The smallest absolute Gasteiger partial charge is 0.227 e. The van der Waals surface area contributed by atoms with Gasteiger partial charge in [-0.2, -0.15) is 0 Å². The minimum atomic E-state index is 0.0762. The Kier molecular flexibility index (Phi) is 5.21.